The standard InChI is InChI=1S/C53H86N2O2S2/c1-15-53(13,14)45-31-29-43(59-45)49-47-46(50(56)55(49)35-33-41(9)27-19-25-39(7)23-17-21-37(4)5)48(42-28-30-44(58-42)52(10,11)12)54(51(47)57)34-32-40(8)26-18-24-38(6)22-16-20-36(2)3/h28-31,36-41H,15-27,32-35H2,1-14H3. The Balaban J connectivity index is 1.62. The normalized spacial score (nSPS) is 17.4. The number of rotatable bonds is 26. The second kappa shape index (κ2) is 22.3. The van der Waals surface area contributed by atoms with Crippen molar-refractivity contribution in [1.82, 2.24) is 9.80 Å². The molecule has 2 aliphatic heterocycles. The topological polar surface area (TPSA) is 40.6 Å². The lowest BCUT2D eigenvalue weighted by atomic mass is 9.89. The van der Waals surface area contributed by atoms with Gasteiger partial charge in [-0.15, -0.1) is 22.7 Å². The molecule has 4 atom stereocenters. The molecule has 0 aromatic carbocycles. The Kier molecular flexibility index (Phi) is 18.7. The van der Waals surface area contributed by atoms with E-state index in [4.69, 9.17) is 0 Å². The Morgan fingerprint density at radius 3 is 1.17 bits per heavy atom. The largest absolute Gasteiger partial charge is 0.306 e. The first-order valence-corrected chi connectivity index (χ1v) is 25.7. The van der Waals surface area contributed by atoms with Gasteiger partial charge in [-0.05, 0) is 89.9 Å². The minimum atomic E-state index is -0.0148. The second-order valence-corrected chi connectivity index (χ2v) is 23.9. The predicted octanol–water partition coefficient (Wildman–Crippen LogP) is 15.9. The van der Waals surface area contributed by atoms with Gasteiger partial charge < -0.3 is 9.80 Å². The highest BCUT2D eigenvalue weighted by Crippen LogP contribution is 2.50. The van der Waals surface area contributed by atoms with Crippen LogP contribution in [0.2, 0.25) is 0 Å². The third-order valence-corrected chi connectivity index (χ3v) is 16.6. The third-order valence-electron chi connectivity index (χ3n) is 13.6. The molecule has 2 aliphatic rings. The number of nitrogens with zero attached hydrogens (tertiary/aromatic N) is 2. The van der Waals surface area contributed by atoms with Gasteiger partial charge in [0.2, 0.25) is 0 Å². The van der Waals surface area contributed by atoms with Gasteiger partial charge in [0.05, 0.1) is 32.3 Å². The number of carbonyl (C=O) groups excluding carboxylic acids is 2. The summed E-state index contributed by atoms with van der Waals surface area (Å²) in [6.07, 6.45) is 18.2. The van der Waals surface area contributed by atoms with Gasteiger partial charge in [-0.2, -0.15) is 0 Å². The molecule has 4 rings (SSSR count). The summed E-state index contributed by atoms with van der Waals surface area (Å²) in [6.45, 7) is 33.7. The molecule has 59 heavy (non-hydrogen) atoms. The van der Waals surface area contributed by atoms with E-state index in [1.807, 2.05) is 9.80 Å². The van der Waals surface area contributed by atoms with Crippen LogP contribution in [-0.4, -0.2) is 34.7 Å². The maximum absolute atomic E-state index is 15.1. The zero-order chi connectivity index (χ0) is 43.7. The van der Waals surface area contributed by atoms with Crippen LogP contribution in [0, 0.1) is 35.5 Å². The molecule has 0 fully saturated rings. The van der Waals surface area contributed by atoms with Gasteiger partial charge in [0.15, 0.2) is 0 Å². The van der Waals surface area contributed by atoms with Crippen molar-refractivity contribution in [2.24, 2.45) is 35.5 Å². The van der Waals surface area contributed by atoms with Gasteiger partial charge in [0, 0.05) is 22.8 Å². The first kappa shape index (κ1) is 49.5. The number of hydrogen-bond acceptors (Lipinski definition) is 4. The van der Waals surface area contributed by atoms with Crippen molar-refractivity contribution in [3.05, 3.63) is 54.9 Å². The third kappa shape index (κ3) is 13.7. The Bertz CT molecular complexity index is 1710. The molecule has 0 N–H and O–H groups in total. The number of hydrogen-bond donors (Lipinski definition) is 0. The van der Waals surface area contributed by atoms with E-state index in [-0.39, 0.29) is 22.6 Å². The summed E-state index contributed by atoms with van der Waals surface area (Å²) >= 11 is 3.53. The van der Waals surface area contributed by atoms with Crippen LogP contribution >= 0.6 is 22.7 Å². The van der Waals surface area contributed by atoms with Crippen molar-refractivity contribution in [2.45, 2.75) is 204 Å². The number of fused-ring (bicyclic) bond motifs is 1. The van der Waals surface area contributed by atoms with Gasteiger partial charge >= 0.3 is 0 Å². The SMILES string of the molecule is CCC(C)(C)c1ccc(C2=C3C(=O)N(CCC(C)CCCC(C)CCCC(C)C)C(c4ccc(C(C)(C)C)s4)=C3C(=O)N2CCC(C)CCCC(C)CCCC(C)C)s1. The Morgan fingerprint density at radius 2 is 0.831 bits per heavy atom. The average Bonchev–Trinajstić information content (AvgIpc) is 3.95. The predicted molar refractivity (Wildman–Crippen MR) is 259 cm³/mol. The second-order valence-electron chi connectivity index (χ2n) is 21.7. The molecular weight excluding hydrogens is 761 g/mol. The Hall–Kier alpha value is -2.18. The van der Waals surface area contributed by atoms with Gasteiger partial charge in [-0.1, -0.05) is 174 Å². The summed E-state index contributed by atoms with van der Waals surface area (Å²) < 4.78 is 0. The molecule has 332 valence electrons. The maximum Gasteiger partial charge on any atom is 0.261 e. The molecule has 4 heterocycles. The van der Waals surface area contributed by atoms with E-state index in [2.05, 4.69) is 121 Å². The van der Waals surface area contributed by atoms with Crippen LogP contribution in [0.25, 0.3) is 11.4 Å². The van der Waals surface area contributed by atoms with E-state index < -0.39 is 0 Å². The van der Waals surface area contributed by atoms with Crippen LogP contribution in [-0.2, 0) is 20.4 Å². The Labute approximate surface area is 371 Å². The molecule has 0 radical (unpaired) electrons. The lowest BCUT2D eigenvalue weighted by Gasteiger charge is -2.26. The Morgan fingerprint density at radius 1 is 0.492 bits per heavy atom. The molecule has 4 nitrogen and oxygen atoms in total. The molecule has 2 aromatic heterocycles. The van der Waals surface area contributed by atoms with Gasteiger partial charge in [0.1, 0.15) is 0 Å². The fourth-order valence-electron chi connectivity index (χ4n) is 8.86. The first-order chi connectivity index (χ1) is 27.7. The van der Waals surface area contributed by atoms with E-state index in [9.17, 15) is 0 Å². The monoisotopic (exact) mass is 847 g/mol. The first-order valence-electron chi connectivity index (χ1n) is 24.1. The van der Waals surface area contributed by atoms with E-state index in [0.29, 0.717) is 36.1 Å². The zero-order valence-corrected chi connectivity index (χ0v) is 42.0. The highest BCUT2D eigenvalue weighted by Gasteiger charge is 2.49. The average molecular weight is 847 g/mol. The molecule has 0 spiro atoms. The van der Waals surface area contributed by atoms with E-state index in [0.717, 1.165) is 64.1 Å². The number of thiophene rings is 2. The minimum Gasteiger partial charge on any atom is -0.306 e. The van der Waals surface area contributed by atoms with Crippen molar-refractivity contribution in [3.8, 4) is 0 Å². The van der Waals surface area contributed by atoms with Crippen molar-refractivity contribution in [3.63, 3.8) is 0 Å². The highest BCUT2D eigenvalue weighted by atomic mass is 32.1. The van der Waals surface area contributed by atoms with Crippen LogP contribution in [0.5, 0.6) is 0 Å². The molecule has 0 bridgehead atoms. The van der Waals surface area contributed by atoms with Gasteiger partial charge in [0.25, 0.3) is 11.8 Å². The lowest BCUT2D eigenvalue weighted by molar-refractivity contribution is -0.124. The zero-order valence-electron chi connectivity index (χ0n) is 40.3. The van der Waals surface area contributed by atoms with Crippen LogP contribution in [0.4, 0.5) is 0 Å². The summed E-state index contributed by atoms with van der Waals surface area (Å²) in [5.41, 5.74) is 3.01. The molecule has 4 unspecified atom stereocenters. The highest BCUT2D eigenvalue weighted by molar-refractivity contribution is 7.13. The van der Waals surface area contributed by atoms with Gasteiger partial charge in [-0.3, -0.25) is 9.59 Å². The maximum atomic E-state index is 15.1. The van der Waals surface area contributed by atoms with E-state index in [1.165, 1.54) is 86.8 Å². The van der Waals surface area contributed by atoms with Crippen LogP contribution in [0.3, 0.4) is 0 Å². The van der Waals surface area contributed by atoms with Crippen LogP contribution in [0.15, 0.2) is 35.4 Å². The van der Waals surface area contributed by atoms with Crippen LogP contribution < -0.4 is 0 Å². The summed E-state index contributed by atoms with van der Waals surface area (Å²) in [7, 11) is 0. The molecule has 2 aromatic rings. The minimum absolute atomic E-state index is 0.0148. The van der Waals surface area contributed by atoms with Crippen molar-refractivity contribution in [1.29, 1.82) is 0 Å². The molecule has 6 heteroatoms. The lowest BCUT2D eigenvalue weighted by Crippen LogP contribution is -2.31. The smallest absolute Gasteiger partial charge is 0.261 e. The van der Waals surface area contributed by atoms with Crippen molar-refractivity contribution in [2.75, 3.05) is 13.1 Å². The van der Waals surface area contributed by atoms with Crippen LogP contribution in [0.1, 0.15) is 213 Å². The van der Waals surface area contributed by atoms with Gasteiger partial charge in [-0.25, -0.2) is 0 Å². The molecule has 2 amide bonds. The van der Waals surface area contributed by atoms with E-state index in [1.54, 1.807) is 22.7 Å². The quantitative estimate of drug-likeness (QED) is 0.0946. The fourth-order valence-corrected chi connectivity index (χ4v) is 11.2. The summed E-state index contributed by atoms with van der Waals surface area (Å²) in [5, 5.41) is 0. The van der Waals surface area contributed by atoms with Crippen molar-refractivity contribution < 1.29 is 9.59 Å². The molecule has 0 saturated heterocycles. The van der Waals surface area contributed by atoms with Crippen molar-refractivity contribution >= 4 is 45.9 Å². The summed E-state index contributed by atoms with van der Waals surface area (Å²) in [5.74, 6) is 4.15. The number of carbonyl (C=O) groups is 2. The summed E-state index contributed by atoms with van der Waals surface area (Å²) in [4.78, 5) is 38.9. The van der Waals surface area contributed by atoms with E-state index >= 15 is 9.59 Å². The fraction of sp³-hybridized carbons (Fsp3) is 0.736. The molecule has 0 aliphatic carbocycles. The number of amides is 2. The summed E-state index contributed by atoms with van der Waals surface area (Å²) in [6, 6.07) is 8.82. The molecule has 0 saturated carbocycles. The molecular formula is C53H86N2O2S2.